The van der Waals surface area contributed by atoms with Crippen LogP contribution in [0.1, 0.15) is 5.69 Å². The van der Waals surface area contributed by atoms with Gasteiger partial charge in [0.1, 0.15) is 11.3 Å². The molecule has 2 nitrogen and oxygen atoms in total. The predicted molar refractivity (Wildman–Crippen MR) is 85.9 cm³/mol. The van der Waals surface area contributed by atoms with Crippen molar-refractivity contribution in [1.82, 2.24) is 4.98 Å². The summed E-state index contributed by atoms with van der Waals surface area (Å²) < 4.78 is 8.14. The van der Waals surface area contributed by atoms with Crippen molar-refractivity contribution in [2.45, 2.75) is 26.6 Å². The van der Waals surface area contributed by atoms with E-state index >= 15 is 0 Å². The number of aryl methyl sites for hydroxylation is 1. The van der Waals surface area contributed by atoms with Crippen LogP contribution in [-0.4, -0.2) is 13.3 Å². The molecule has 0 saturated carbocycles. The monoisotopic (exact) mass is 387 g/mol. The van der Waals surface area contributed by atoms with Crippen LogP contribution >= 0.6 is 31.9 Å². The van der Waals surface area contributed by atoms with Gasteiger partial charge in [-0.25, -0.2) is 4.98 Å². The highest BCUT2D eigenvalue weighted by molar-refractivity contribution is 9.11. The first kappa shape index (κ1) is 14.0. The molecule has 96 valence electrons. The molecule has 0 fully saturated rings. The molecule has 1 aromatic carbocycles. The van der Waals surface area contributed by atoms with Crippen LogP contribution in [0.15, 0.2) is 27.1 Å². The number of rotatable bonds is 2. The molecule has 1 aromatic heterocycles. The fraction of sp³-hybridized carbons (Fsp3) is 0.308. The number of pyridine rings is 1. The van der Waals surface area contributed by atoms with E-state index in [4.69, 9.17) is 4.43 Å². The summed E-state index contributed by atoms with van der Waals surface area (Å²) in [7, 11) is -1.67. The fourth-order valence-corrected chi connectivity index (χ4v) is 4.02. The largest absolute Gasteiger partial charge is 0.542 e. The number of hydrogen-bond donors (Lipinski definition) is 0. The van der Waals surface area contributed by atoms with Gasteiger partial charge in [-0.15, -0.1) is 0 Å². The van der Waals surface area contributed by atoms with Gasteiger partial charge in [-0.1, -0.05) is 15.9 Å². The average molecular weight is 389 g/mol. The average Bonchev–Trinajstić information content (AvgIpc) is 2.22. The van der Waals surface area contributed by atoms with Crippen molar-refractivity contribution in [2.24, 2.45) is 0 Å². The number of hydrogen-bond acceptors (Lipinski definition) is 2. The van der Waals surface area contributed by atoms with E-state index in [0.29, 0.717) is 0 Å². The maximum atomic E-state index is 6.16. The van der Waals surface area contributed by atoms with Crippen LogP contribution in [0.4, 0.5) is 0 Å². The van der Waals surface area contributed by atoms with Crippen molar-refractivity contribution in [3.8, 4) is 5.75 Å². The summed E-state index contributed by atoms with van der Waals surface area (Å²) in [5.74, 6) is 0.857. The standard InChI is InChI=1S/C13H15Br2NOSi/c1-8-5-6-9-10(14)7-11(15)13(12(9)16-8)17-18(2,3)4/h5-7H,1-4H3. The lowest BCUT2D eigenvalue weighted by Crippen LogP contribution is -2.29. The lowest BCUT2D eigenvalue weighted by Gasteiger charge is -2.22. The maximum Gasteiger partial charge on any atom is 0.242 e. The minimum atomic E-state index is -1.67. The molecule has 0 amide bonds. The van der Waals surface area contributed by atoms with Crippen molar-refractivity contribution in [2.75, 3.05) is 0 Å². The van der Waals surface area contributed by atoms with E-state index in [0.717, 1.165) is 31.3 Å². The Bertz CT molecular complexity index is 608. The molecule has 0 N–H and O–H groups in total. The zero-order chi connectivity index (χ0) is 13.5. The molecule has 0 aliphatic rings. The lowest BCUT2D eigenvalue weighted by atomic mass is 10.2. The molecule has 0 atom stereocenters. The zero-order valence-electron chi connectivity index (χ0n) is 10.8. The Balaban J connectivity index is 2.74. The third-order valence-corrected chi connectivity index (χ3v) is 4.45. The molecule has 0 saturated heterocycles. The highest BCUT2D eigenvalue weighted by Gasteiger charge is 2.21. The molecule has 18 heavy (non-hydrogen) atoms. The maximum absolute atomic E-state index is 6.16. The number of halogens is 2. The lowest BCUT2D eigenvalue weighted by molar-refractivity contribution is 0.559. The zero-order valence-corrected chi connectivity index (χ0v) is 15.0. The molecule has 0 bridgehead atoms. The quantitative estimate of drug-likeness (QED) is 0.652. The second-order valence-corrected chi connectivity index (χ2v) is 11.4. The smallest absolute Gasteiger partial charge is 0.242 e. The van der Waals surface area contributed by atoms with Crippen molar-refractivity contribution in [1.29, 1.82) is 0 Å². The topological polar surface area (TPSA) is 22.1 Å². The van der Waals surface area contributed by atoms with Crippen molar-refractivity contribution in [3.05, 3.63) is 32.8 Å². The third-order valence-electron chi connectivity index (χ3n) is 2.39. The second-order valence-electron chi connectivity index (χ2n) is 5.23. The van der Waals surface area contributed by atoms with Crippen molar-refractivity contribution < 1.29 is 4.43 Å². The highest BCUT2D eigenvalue weighted by Crippen LogP contribution is 2.38. The summed E-state index contributed by atoms with van der Waals surface area (Å²) in [5, 5.41) is 1.08. The van der Waals surface area contributed by atoms with Crippen LogP contribution in [0.2, 0.25) is 19.6 Å². The van der Waals surface area contributed by atoms with Crippen LogP contribution in [-0.2, 0) is 0 Å². The first-order valence-electron chi connectivity index (χ1n) is 5.72. The fourth-order valence-electron chi connectivity index (χ4n) is 1.69. The molecular weight excluding hydrogens is 374 g/mol. The first-order chi connectivity index (χ1) is 8.28. The van der Waals surface area contributed by atoms with Gasteiger partial charge in [0.05, 0.1) is 4.47 Å². The number of fused-ring (bicyclic) bond motifs is 1. The Morgan fingerprint density at radius 1 is 1.11 bits per heavy atom. The van der Waals surface area contributed by atoms with E-state index in [9.17, 15) is 0 Å². The highest BCUT2D eigenvalue weighted by atomic mass is 79.9. The van der Waals surface area contributed by atoms with Gasteiger partial charge in [-0.3, -0.25) is 0 Å². The van der Waals surface area contributed by atoms with E-state index in [1.807, 2.05) is 19.1 Å². The minimum Gasteiger partial charge on any atom is -0.542 e. The SMILES string of the molecule is Cc1ccc2c(Br)cc(Br)c(O[Si](C)(C)C)c2n1. The molecule has 5 heteroatoms. The van der Waals surface area contributed by atoms with Gasteiger partial charge in [-0.2, -0.15) is 0 Å². The Hall–Kier alpha value is -0.393. The Kier molecular flexibility index (Phi) is 3.85. The van der Waals surface area contributed by atoms with Crippen LogP contribution in [0.5, 0.6) is 5.75 Å². The van der Waals surface area contributed by atoms with Crippen LogP contribution in [0.3, 0.4) is 0 Å². The van der Waals surface area contributed by atoms with Gasteiger partial charge in [0, 0.05) is 15.6 Å². The summed E-state index contributed by atoms with van der Waals surface area (Å²) in [6.45, 7) is 8.50. The number of aromatic nitrogens is 1. The Morgan fingerprint density at radius 3 is 2.39 bits per heavy atom. The van der Waals surface area contributed by atoms with Crippen LogP contribution in [0, 0.1) is 6.92 Å². The van der Waals surface area contributed by atoms with Gasteiger partial charge in [0.25, 0.3) is 0 Å². The van der Waals surface area contributed by atoms with Gasteiger partial charge in [0.15, 0.2) is 0 Å². The van der Waals surface area contributed by atoms with E-state index in [-0.39, 0.29) is 0 Å². The molecule has 0 aliphatic carbocycles. The summed E-state index contributed by atoms with van der Waals surface area (Å²) in [6.07, 6.45) is 0. The number of nitrogens with zero attached hydrogens (tertiary/aromatic N) is 1. The molecule has 0 spiro atoms. The van der Waals surface area contributed by atoms with Crippen molar-refractivity contribution >= 4 is 51.1 Å². The van der Waals surface area contributed by atoms with Crippen LogP contribution < -0.4 is 4.43 Å². The van der Waals surface area contributed by atoms with Gasteiger partial charge >= 0.3 is 0 Å². The molecule has 2 aromatic rings. The molecule has 1 heterocycles. The minimum absolute atomic E-state index is 0.857. The third kappa shape index (κ3) is 2.95. The van der Waals surface area contributed by atoms with Crippen LogP contribution in [0.25, 0.3) is 10.9 Å². The summed E-state index contributed by atoms with van der Waals surface area (Å²) in [4.78, 5) is 4.62. The molecule has 0 aliphatic heterocycles. The van der Waals surface area contributed by atoms with Gasteiger partial charge in [-0.05, 0) is 60.7 Å². The van der Waals surface area contributed by atoms with E-state index < -0.39 is 8.32 Å². The molecule has 0 unspecified atom stereocenters. The predicted octanol–water partition coefficient (Wildman–Crippen LogP) is 5.28. The van der Waals surface area contributed by atoms with Crippen molar-refractivity contribution in [3.63, 3.8) is 0 Å². The Labute approximate surface area is 125 Å². The summed E-state index contributed by atoms with van der Waals surface area (Å²) in [5.41, 5.74) is 1.91. The molecule has 0 radical (unpaired) electrons. The van der Waals surface area contributed by atoms with Gasteiger partial charge < -0.3 is 4.43 Å². The molecular formula is C13H15Br2NOSi. The number of benzene rings is 1. The normalized spacial score (nSPS) is 11.9. The summed E-state index contributed by atoms with van der Waals surface area (Å²) in [6, 6.07) is 6.11. The van der Waals surface area contributed by atoms with E-state index in [2.05, 4.69) is 62.6 Å². The van der Waals surface area contributed by atoms with Gasteiger partial charge in [0.2, 0.25) is 8.32 Å². The Morgan fingerprint density at radius 2 is 1.78 bits per heavy atom. The van der Waals surface area contributed by atoms with E-state index in [1.165, 1.54) is 0 Å². The van der Waals surface area contributed by atoms with E-state index in [1.54, 1.807) is 0 Å². The second kappa shape index (κ2) is 4.94. The first-order valence-corrected chi connectivity index (χ1v) is 10.7. The summed E-state index contributed by atoms with van der Waals surface area (Å²) >= 11 is 7.14. The molecule has 2 rings (SSSR count).